The van der Waals surface area contributed by atoms with Crippen molar-refractivity contribution >= 4 is 12.4 Å². The van der Waals surface area contributed by atoms with E-state index in [4.69, 9.17) is 45.9 Å². The van der Waals surface area contributed by atoms with Crippen LogP contribution in [0.15, 0.2) is 23.3 Å². The quantitative estimate of drug-likeness (QED) is 0.200. The lowest BCUT2D eigenvalue weighted by Crippen LogP contribution is -2.22. The van der Waals surface area contributed by atoms with E-state index in [1.807, 2.05) is 0 Å². The van der Waals surface area contributed by atoms with E-state index in [0.717, 1.165) is 0 Å². The summed E-state index contributed by atoms with van der Waals surface area (Å²) in [6.45, 7) is 0. The van der Waals surface area contributed by atoms with Crippen LogP contribution >= 0.6 is 12.4 Å². The van der Waals surface area contributed by atoms with Crippen LogP contribution in [0.2, 0.25) is 0 Å². The molecule has 0 heterocycles. The maximum atomic E-state index is 4.84. The third kappa shape index (κ3) is 17.8. The number of hydrogen-bond donors (Lipinski definition) is 8. The molecule has 0 bridgehead atoms. The maximum Gasteiger partial charge on any atom is 0.134 e. The molecule has 16 N–H and O–H groups in total. The Morgan fingerprint density at radius 2 is 0.462 bits per heavy atom. The van der Waals surface area contributed by atoms with Crippen molar-refractivity contribution in [2.75, 3.05) is 0 Å². The Bertz CT molecular complexity index is 138. The number of halogens is 1. The molecule has 0 saturated heterocycles. The lowest BCUT2D eigenvalue weighted by Gasteiger charge is -1.89. The first-order valence-corrected chi connectivity index (χ1v) is 2.81. The van der Waals surface area contributed by atoms with E-state index >= 15 is 0 Å². The highest BCUT2D eigenvalue weighted by molar-refractivity contribution is 5.85. The number of nitrogens with two attached hydrogens (primary N) is 8. The van der Waals surface area contributed by atoms with Crippen LogP contribution in [-0.2, 0) is 0 Å². The summed E-state index contributed by atoms with van der Waals surface area (Å²) in [5.41, 5.74) is 38.7. The van der Waals surface area contributed by atoms with Crippen LogP contribution in [0.3, 0.4) is 0 Å². The molecule has 9 heteroatoms. The Hall–Kier alpha value is -1.83. The molecule has 0 aliphatic heterocycles. The van der Waals surface area contributed by atoms with Crippen LogP contribution < -0.4 is 45.9 Å². The number of hydrogen-bond acceptors (Lipinski definition) is 8. The second-order valence-corrected chi connectivity index (χ2v) is 1.82. The molecule has 0 fully saturated rings. The van der Waals surface area contributed by atoms with Gasteiger partial charge in [-0.05, 0) is 0 Å². The van der Waals surface area contributed by atoms with Crippen LogP contribution in [0.5, 0.6) is 0 Å². The first-order chi connectivity index (χ1) is 5.29. The SMILES string of the molecule is Cl.NC(N)=C(N)N.NC(N)=C(N)N. The van der Waals surface area contributed by atoms with Gasteiger partial charge in [-0.2, -0.15) is 0 Å². The zero-order valence-electron chi connectivity index (χ0n) is 7.03. The summed E-state index contributed by atoms with van der Waals surface area (Å²) in [6.07, 6.45) is 0. The molecule has 0 aromatic carbocycles. The average Bonchev–Trinajstić information content (AvgIpc) is 1.88. The summed E-state index contributed by atoms with van der Waals surface area (Å²) in [4.78, 5) is 0. The van der Waals surface area contributed by atoms with Gasteiger partial charge in [0, 0.05) is 0 Å². The van der Waals surface area contributed by atoms with Crippen LogP contribution in [0.25, 0.3) is 0 Å². The van der Waals surface area contributed by atoms with Gasteiger partial charge in [-0.1, -0.05) is 0 Å². The summed E-state index contributed by atoms with van der Waals surface area (Å²) in [5, 5.41) is 0. The predicted octanol–water partition coefficient (Wildman–Crippen LogP) is -3.68. The molecule has 0 saturated carbocycles. The third-order valence-electron chi connectivity index (χ3n) is 0.667. The molecule has 0 aliphatic carbocycles. The van der Waals surface area contributed by atoms with Gasteiger partial charge >= 0.3 is 0 Å². The molecule has 8 nitrogen and oxygen atoms in total. The van der Waals surface area contributed by atoms with Gasteiger partial charge in [0.1, 0.15) is 23.3 Å². The molecule has 0 aromatic heterocycles. The van der Waals surface area contributed by atoms with Gasteiger partial charge in [0.2, 0.25) is 0 Å². The summed E-state index contributed by atoms with van der Waals surface area (Å²) >= 11 is 0. The van der Waals surface area contributed by atoms with Gasteiger partial charge in [0.05, 0.1) is 0 Å². The topological polar surface area (TPSA) is 208 Å². The number of rotatable bonds is 0. The first-order valence-electron chi connectivity index (χ1n) is 2.81. The summed E-state index contributed by atoms with van der Waals surface area (Å²) in [5.74, 6) is -0.0741. The maximum absolute atomic E-state index is 4.84. The molecule has 13 heavy (non-hydrogen) atoms. The van der Waals surface area contributed by atoms with Crippen molar-refractivity contribution in [1.29, 1.82) is 0 Å². The van der Waals surface area contributed by atoms with Gasteiger partial charge in [-0.15, -0.1) is 12.4 Å². The van der Waals surface area contributed by atoms with E-state index in [9.17, 15) is 0 Å². The fourth-order valence-electron chi connectivity index (χ4n) is 0. The lowest BCUT2D eigenvalue weighted by molar-refractivity contribution is 1.09. The molecular formula is C4H17ClN8. The van der Waals surface area contributed by atoms with Gasteiger partial charge in [0.15, 0.2) is 0 Å². The Kier molecular flexibility index (Phi) is 11.0. The average molecular weight is 213 g/mol. The normalized spacial score (nSPS) is 6.77. The molecule has 0 spiro atoms. The van der Waals surface area contributed by atoms with Gasteiger partial charge in [-0.25, -0.2) is 0 Å². The molecule has 0 rings (SSSR count). The van der Waals surface area contributed by atoms with Crippen molar-refractivity contribution in [3.05, 3.63) is 23.3 Å². The molecule has 80 valence electrons. The Balaban J connectivity index is -0.000000143. The zero-order valence-corrected chi connectivity index (χ0v) is 7.84. The Morgan fingerprint density at radius 1 is 0.385 bits per heavy atom. The first kappa shape index (κ1) is 17.3. The van der Waals surface area contributed by atoms with E-state index in [1.165, 1.54) is 0 Å². The van der Waals surface area contributed by atoms with E-state index in [1.54, 1.807) is 0 Å². The minimum Gasteiger partial charge on any atom is -0.383 e. The summed E-state index contributed by atoms with van der Waals surface area (Å²) in [6, 6.07) is 0. The minimum absolute atomic E-state index is 0. The highest BCUT2D eigenvalue weighted by atomic mass is 35.5. The highest BCUT2D eigenvalue weighted by Gasteiger charge is 1.78. The Labute approximate surface area is 82.3 Å². The van der Waals surface area contributed by atoms with Crippen molar-refractivity contribution < 1.29 is 0 Å². The van der Waals surface area contributed by atoms with Gasteiger partial charge in [0.25, 0.3) is 0 Å². The summed E-state index contributed by atoms with van der Waals surface area (Å²) in [7, 11) is 0. The molecule has 0 amide bonds. The molecule has 0 aliphatic rings. The van der Waals surface area contributed by atoms with Crippen LogP contribution in [-0.4, -0.2) is 0 Å². The van der Waals surface area contributed by atoms with Gasteiger partial charge in [-0.3, -0.25) is 0 Å². The van der Waals surface area contributed by atoms with Crippen LogP contribution in [0.4, 0.5) is 0 Å². The third-order valence-corrected chi connectivity index (χ3v) is 0.667. The van der Waals surface area contributed by atoms with Crippen molar-refractivity contribution in [2.45, 2.75) is 0 Å². The van der Waals surface area contributed by atoms with Gasteiger partial charge < -0.3 is 45.9 Å². The van der Waals surface area contributed by atoms with Crippen LogP contribution in [0, 0.1) is 0 Å². The molecule has 0 radical (unpaired) electrons. The van der Waals surface area contributed by atoms with Crippen molar-refractivity contribution in [3.63, 3.8) is 0 Å². The highest BCUT2D eigenvalue weighted by Crippen LogP contribution is 1.63. The van der Waals surface area contributed by atoms with E-state index in [-0.39, 0.29) is 35.7 Å². The van der Waals surface area contributed by atoms with E-state index < -0.39 is 0 Å². The van der Waals surface area contributed by atoms with E-state index in [0.29, 0.717) is 0 Å². The summed E-state index contributed by atoms with van der Waals surface area (Å²) < 4.78 is 0. The zero-order chi connectivity index (χ0) is 10.3. The molecular weight excluding hydrogens is 196 g/mol. The molecule has 0 aromatic rings. The lowest BCUT2D eigenvalue weighted by atomic mass is 10.7. The van der Waals surface area contributed by atoms with E-state index in [2.05, 4.69) is 0 Å². The van der Waals surface area contributed by atoms with Crippen LogP contribution in [0.1, 0.15) is 0 Å². The molecule has 0 atom stereocenters. The fraction of sp³-hybridized carbons (Fsp3) is 0. The second kappa shape index (κ2) is 8.27. The standard InChI is InChI=1S/2C2H8N4.ClH/c2*3-1(4)2(5)6;/h2*3-6H2;1H. The minimum atomic E-state index is -0.0185. The van der Waals surface area contributed by atoms with Crippen molar-refractivity contribution in [1.82, 2.24) is 0 Å². The smallest absolute Gasteiger partial charge is 0.134 e. The molecule has 0 unspecified atom stereocenters. The monoisotopic (exact) mass is 212 g/mol. The van der Waals surface area contributed by atoms with Crippen molar-refractivity contribution in [2.24, 2.45) is 45.9 Å². The predicted molar refractivity (Wildman–Crippen MR) is 54.8 cm³/mol. The Morgan fingerprint density at radius 3 is 0.462 bits per heavy atom. The van der Waals surface area contributed by atoms with Crippen molar-refractivity contribution in [3.8, 4) is 0 Å². The fourth-order valence-corrected chi connectivity index (χ4v) is 0. The largest absolute Gasteiger partial charge is 0.383 e. The second-order valence-electron chi connectivity index (χ2n) is 1.82.